The summed E-state index contributed by atoms with van der Waals surface area (Å²) in [6.07, 6.45) is -2.27. The third-order valence-electron chi connectivity index (χ3n) is 6.41. The largest absolute Gasteiger partial charge is 0.494 e. The normalized spacial score (nSPS) is 19.1. The van der Waals surface area contributed by atoms with E-state index >= 15 is 0 Å². The van der Waals surface area contributed by atoms with Crippen LogP contribution in [0, 0.1) is 5.82 Å². The van der Waals surface area contributed by atoms with Gasteiger partial charge in [0.05, 0.1) is 19.3 Å². The van der Waals surface area contributed by atoms with E-state index in [2.05, 4.69) is 5.32 Å². The van der Waals surface area contributed by atoms with Gasteiger partial charge in [0.2, 0.25) is 0 Å². The van der Waals surface area contributed by atoms with Gasteiger partial charge in [-0.05, 0) is 80.3 Å². The Morgan fingerprint density at radius 1 is 1.18 bits per heavy atom. The minimum Gasteiger partial charge on any atom is -0.494 e. The molecule has 0 amide bonds. The molecule has 0 spiro atoms. The van der Waals surface area contributed by atoms with Gasteiger partial charge in [0, 0.05) is 18.5 Å². The van der Waals surface area contributed by atoms with Crippen LogP contribution in [0.15, 0.2) is 36.4 Å². The average molecular weight is 482 g/mol. The van der Waals surface area contributed by atoms with Crippen LogP contribution in [0.4, 0.5) is 17.6 Å². The van der Waals surface area contributed by atoms with E-state index in [0.717, 1.165) is 18.4 Å². The predicted molar refractivity (Wildman–Crippen MR) is 121 cm³/mol. The van der Waals surface area contributed by atoms with Crippen molar-refractivity contribution in [2.24, 2.45) is 0 Å². The first kappa shape index (κ1) is 26.0. The third kappa shape index (κ3) is 6.50. The van der Waals surface area contributed by atoms with Crippen molar-refractivity contribution in [2.75, 3.05) is 13.7 Å². The number of ether oxygens (including phenoxy) is 2. The van der Waals surface area contributed by atoms with E-state index in [-0.39, 0.29) is 48.8 Å². The molecule has 0 aromatic heterocycles. The SMILES string of the molecule is CCOC(=O)CCc1ccc([C@@H]2CC[C@H](N[C@H](C)c3ccc(F)c(OC)c3)C2)cc1C(F)(F)F. The second-order valence-corrected chi connectivity index (χ2v) is 8.71. The van der Waals surface area contributed by atoms with Gasteiger partial charge in [-0.1, -0.05) is 18.2 Å². The molecule has 2 aromatic carbocycles. The van der Waals surface area contributed by atoms with Crippen molar-refractivity contribution in [3.05, 3.63) is 64.5 Å². The molecule has 1 aliphatic carbocycles. The number of rotatable bonds is 9. The van der Waals surface area contributed by atoms with Gasteiger partial charge in [0.15, 0.2) is 11.6 Å². The topological polar surface area (TPSA) is 47.6 Å². The molecule has 1 aliphatic rings. The first-order valence-electron chi connectivity index (χ1n) is 11.6. The number of hydrogen-bond acceptors (Lipinski definition) is 4. The Kier molecular flexibility index (Phi) is 8.57. The van der Waals surface area contributed by atoms with Gasteiger partial charge in [-0.2, -0.15) is 13.2 Å². The molecule has 4 nitrogen and oxygen atoms in total. The van der Waals surface area contributed by atoms with Gasteiger partial charge in [-0.25, -0.2) is 4.39 Å². The smallest absolute Gasteiger partial charge is 0.416 e. The molecular weight excluding hydrogens is 450 g/mol. The maximum absolute atomic E-state index is 13.7. The lowest BCUT2D eigenvalue weighted by Gasteiger charge is -2.21. The molecule has 186 valence electrons. The summed E-state index contributed by atoms with van der Waals surface area (Å²) in [5.41, 5.74) is 0.966. The second-order valence-electron chi connectivity index (χ2n) is 8.71. The van der Waals surface area contributed by atoms with Crippen molar-refractivity contribution < 1.29 is 31.8 Å². The van der Waals surface area contributed by atoms with Crippen molar-refractivity contribution in [3.8, 4) is 5.75 Å². The van der Waals surface area contributed by atoms with Crippen molar-refractivity contribution in [1.29, 1.82) is 0 Å². The Labute approximate surface area is 197 Å². The minimum atomic E-state index is -4.49. The van der Waals surface area contributed by atoms with E-state index in [1.807, 2.05) is 6.92 Å². The van der Waals surface area contributed by atoms with Gasteiger partial charge >= 0.3 is 12.1 Å². The van der Waals surface area contributed by atoms with E-state index in [4.69, 9.17) is 9.47 Å². The van der Waals surface area contributed by atoms with Crippen LogP contribution in [0.3, 0.4) is 0 Å². The van der Waals surface area contributed by atoms with Crippen molar-refractivity contribution in [1.82, 2.24) is 5.32 Å². The highest BCUT2D eigenvalue weighted by Gasteiger charge is 2.35. The van der Waals surface area contributed by atoms with Crippen LogP contribution < -0.4 is 10.1 Å². The number of carbonyl (C=O) groups excluding carboxylic acids is 1. The number of hydrogen-bond donors (Lipinski definition) is 1. The number of carbonyl (C=O) groups is 1. The first-order chi connectivity index (χ1) is 16.1. The summed E-state index contributed by atoms with van der Waals surface area (Å²) in [7, 11) is 1.42. The molecule has 0 heterocycles. The maximum Gasteiger partial charge on any atom is 0.416 e. The zero-order valence-electron chi connectivity index (χ0n) is 19.7. The van der Waals surface area contributed by atoms with E-state index in [9.17, 15) is 22.4 Å². The number of aryl methyl sites for hydroxylation is 1. The van der Waals surface area contributed by atoms with E-state index in [0.29, 0.717) is 12.0 Å². The Hall–Kier alpha value is -2.61. The summed E-state index contributed by atoms with van der Waals surface area (Å²) in [4.78, 5) is 11.6. The second kappa shape index (κ2) is 11.2. The molecule has 0 radical (unpaired) electrons. The molecule has 2 aromatic rings. The van der Waals surface area contributed by atoms with Crippen LogP contribution in [-0.2, 0) is 22.1 Å². The average Bonchev–Trinajstić information content (AvgIpc) is 3.26. The van der Waals surface area contributed by atoms with Crippen LogP contribution in [0.2, 0.25) is 0 Å². The maximum atomic E-state index is 13.7. The fraction of sp³-hybridized carbons (Fsp3) is 0.500. The molecule has 1 saturated carbocycles. The summed E-state index contributed by atoms with van der Waals surface area (Å²) in [5.74, 6) is -0.742. The monoisotopic (exact) mass is 481 g/mol. The summed E-state index contributed by atoms with van der Waals surface area (Å²) < 4.78 is 64.8. The number of methoxy groups -OCH3 is 1. The molecule has 0 saturated heterocycles. The molecule has 8 heteroatoms. The summed E-state index contributed by atoms with van der Waals surface area (Å²) in [6, 6.07) is 9.27. The number of benzene rings is 2. The Balaban J connectivity index is 1.68. The number of alkyl halides is 3. The summed E-state index contributed by atoms with van der Waals surface area (Å²) >= 11 is 0. The molecule has 34 heavy (non-hydrogen) atoms. The highest BCUT2D eigenvalue weighted by molar-refractivity contribution is 5.69. The van der Waals surface area contributed by atoms with E-state index in [1.165, 1.54) is 25.3 Å². The Bertz CT molecular complexity index is 992. The van der Waals surface area contributed by atoms with Gasteiger partial charge in [-0.15, -0.1) is 0 Å². The van der Waals surface area contributed by atoms with E-state index < -0.39 is 23.5 Å². The number of nitrogens with one attached hydrogen (secondary N) is 1. The lowest BCUT2D eigenvalue weighted by Crippen LogP contribution is -2.29. The lowest BCUT2D eigenvalue weighted by molar-refractivity contribution is -0.144. The fourth-order valence-corrected chi connectivity index (χ4v) is 4.63. The minimum absolute atomic E-state index is 0.00709. The summed E-state index contributed by atoms with van der Waals surface area (Å²) in [5, 5.41) is 3.51. The number of halogens is 4. The zero-order chi connectivity index (χ0) is 24.9. The molecule has 1 fully saturated rings. The van der Waals surface area contributed by atoms with Crippen molar-refractivity contribution in [3.63, 3.8) is 0 Å². The van der Waals surface area contributed by atoms with E-state index in [1.54, 1.807) is 25.1 Å². The van der Waals surface area contributed by atoms with Gasteiger partial charge in [0.1, 0.15) is 0 Å². The molecule has 1 N–H and O–H groups in total. The molecule has 0 aliphatic heterocycles. The Morgan fingerprint density at radius 2 is 1.94 bits per heavy atom. The molecule has 3 atom stereocenters. The van der Waals surface area contributed by atoms with Crippen LogP contribution in [0.25, 0.3) is 0 Å². The molecule has 3 rings (SSSR count). The van der Waals surface area contributed by atoms with Crippen LogP contribution in [0.5, 0.6) is 5.75 Å². The van der Waals surface area contributed by atoms with Crippen molar-refractivity contribution >= 4 is 5.97 Å². The molecular formula is C26H31F4NO3. The van der Waals surface area contributed by atoms with Crippen LogP contribution in [0.1, 0.15) is 73.7 Å². The standard InChI is InChI=1S/C26H31F4NO3/c1-4-34-25(32)12-9-17-5-6-20(14-22(17)26(28,29)30)19-7-10-21(13-19)31-16(2)18-8-11-23(27)24(15-18)33-3/h5-6,8,11,14-16,19,21,31H,4,7,9-10,12-13H2,1-3H3/t16-,19-,21+/m1/s1. The quantitative estimate of drug-likeness (QED) is 0.336. The van der Waals surface area contributed by atoms with Crippen LogP contribution >= 0.6 is 0 Å². The van der Waals surface area contributed by atoms with Crippen molar-refractivity contribution in [2.45, 2.75) is 70.1 Å². The van der Waals surface area contributed by atoms with Crippen LogP contribution in [-0.4, -0.2) is 25.7 Å². The number of esters is 1. The Morgan fingerprint density at radius 3 is 2.62 bits per heavy atom. The summed E-state index contributed by atoms with van der Waals surface area (Å²) in [6.45, 7) is 3.84. The fourth-order valence-electron chi connectivity index (χ4n) is 4.63. The predicted octanol–water partition coefficient (Wildman–Crippen LogP) is 6.34. The third-order valence-corrected chi connectivity index (χ3v) is 6.41. The molecule has 0 bridgehead atoms. The highest BCUT2D eigenvalue weighted by Crippen LogP contribution is 2.40. The molecule has 0 unspecified atom stereocenters. The van der Waals surface area contributed by atoms with Gasteiger partial charge < -0.3 is 14.8 Å². The lowest BCUT2D eigenvalue weighted by atomic mass is 9.92. The highest BCUT2D eigenvalue weighted by atomic mass is 19.4. The van der Waals surface area contributed by atoms with Gasteiger partial charge in [-0.3, -0.25) is 4.79 Å². The first-order valence-corrected chi connectivity index (χ1v) is 11.6. The van der Waals surface area contributed by atoms with Gasteiger partial charge in [0.25, 0.3) is 0 Å². The zero-order valence-corrected chi connectivity index (χ0v) is 19.7.